The van der Waals surface area contributed by atoms with E-state index in [9.17, 15) is 9.90 Å². The lowest BCUT2D eigenvalue weighted by molar-refractivity contribution is -0.134. The monoisotopic (exact) mass is 316 g/mol. The molecule has 6 heteroatoms. The standard InChI is InChI=1S/C17H24N4O2/c1-13-11-15(14-5-3-4-6-16(14)22)21(18-13)17(23)12-20-9-7-19(2)8-10-20/h3-6,15,22H,7-12H2,1-2H3. The average molecular weight is 316 g/mol. The lowest BCUT2D eigenvalue weighted by Crippen LogP contribution is -2.48. The SMILES string of the molecule is CC1=NN(C(=O)CN2CCN(C)CC2)C(c2ccccc2O)C1. The summed E-state index contributed by atoms with van der Waals surface area (Å²) in [5, 5.41) is 16.1. The molecule has 1 aromatic carbocycles. The molecule has 6 nitrogen and oxygen atoms in total. The first-order valence-corrected chi connectivity index (χ1v) is 8.09. The van der Waals surface area contributed by atoms with Gasteiger partial charge in [0.15, 0.2) is 0 Å². The topological polar surface area (TPSA) is 59.4 Å². The maximum atomic E-state index is 12.7. The van der Waals surface area contributed by atoms with Crippen LogP contribution in [0.25, 0.3) is 0 Å². The Labute approximate surface area is 137 Å². The summed E-state index contributed by atoms with van der Waals surface area (Å²) in [4.78, 5) is 17.2. The molecule has 3 rings (SSSR count). The van der Waals surface area contributed by atoms with Crippen molar-refractivity contribution < 1.29 is 9.90 Å². The minimum absolute atomic E-state index is 0.000318. The number of nitrogens with zero attached hydrogens (tertiary/aromatic N) is 4. The summed E-state index contributed by atoms with van der Waals surface area (Å²) in [6.07, 6.45) is 0.673. The van der Waals surface area contributed by atoms with Crippen LogP contribution in [0.2, 0.25) is 0 Å². The minimum atomic E-state index is -0.198. The fourth-order valence-electron chi connectivity index (χ4n) is 3.17. The Bertz CT molecular complexity index is 608. The van der Waals surface area contributed by atoms with Gasteiger partial charge in [-0.1, -0.05) is 18.2 Å². The molecule has 1 fully saturated rings. The Morgan fingerprint density at radius 1 is 1.26 bits per heavy atom. The van der Waals surface area contributed by atoms with Crippen molar-refractivity contribution in [3.8, 4) is 5.75 Å². The van der Waals surface area contributed by atoms with E-state index in [0.717, 1.165) is 37.5 Å². The van der Waals surface area contributed by atoms with Gasteiger partial charge in [-0.25, -0.2) is 5.01 Å². The molecule has 124 valence electrons. The number of phenolic OH excluding ortho intramolecular Hbond substituents is 1. The highest BCUT2D eigenvalue weighted by molar-refractivity contribution is 5.89. The van der Waals surface area contributed by atoms with Crippen LogP contribution in [0.4, 0.5) is 0 Å². The van der Waals surface area contributed by atoms with Crippen LogP contribution in [0.5, 0.6) is 5.75 Å². The fourth-order valence-corrected chi connectivity index (χ4v) is 3.17. The number of aromatic hydroxyl groups is 1. The number of hydrazone groups is 1. The Morgan fingerprint density at radius 2 is 1.96 bits per heavy atom. The summed E-state index contributed by atoms with van der Waals surface area (Å²) < 4.78 is 0. The summed E-state index contributed by atoms with van der Waals surface area (Å²) in [6.45, 7) is 6.09. The van der Waals surface area contributed by atoms with Crippen LogP contribution >= 0.6 is 0 Å². The van der Waals surface area contributed by atoms with E-state index >= 15 is 0 Å². The molecule has 0 radical (unpaired) electrons. The molecule has 1 unspecified atom stereocenters. The first kappa shape index (κ1) is 16.0. The molecule has 0 aromatic heterocycles. The zero-order chi connectivity index (χ0) is 16.4. The smallest absolute Gasteiger partial charge is 0.257 e. The number of hydrogen-bond acceptors (Lipinski definition) is 5. The number of hydrogen-bond donors (Lipinski definition) is 1. The third-order valence-electron chi connectivity index (χ3n) is 4.57. The van der Waals surface area contributed by atoms with Gasteiger partial charge in [0.1, 0.15) is 5.75 Å². The molecule has 1 amide bonds. The molecule has 2 aliphatic heterocycles. The van der Waals surface area contributed by atoms with E-state index in [1.165, 1.54) is 0 Å². The van der Waals surface area contributed by atoms with Crippen molar-refractivity contribution in [2.24, 2.45) is 5.10 Å². The van der Waals surface area contributed by atoms with Gasteiger partial charge in [-0.3, -0.25) is 9.69 Å². The quantitative estimate of drug-likeness (QED) is 0.913. The average Bonchev–Trinajstić information content (AvgIpc) is 2.92. The van der Waals surface area contributed by atoms with Crippen LogP contribution in [0.3, 0.4) is 0 Å². The highest BCUT2D eigenvalue weighted by atomic mass is 16.3. The van der Waals surface area contributed by atoms with E-state index in [2.05, 4.69) is 21.9 Å². The first-order chi connectivity index (χ1) is 11.0. The molecule has 0 aliphatic carbocycles. The van der Waals surface area contributed by atoms with E-state index in [1.807, 2.05) is 19.1 Å². The number of para-hydroxylation sites is 1. The van der Waals surface area contributed by atoms with E-state index in [0.29, 0.717) is 13.0 Å². The summed E-state index contributed by atoms with van der Waals surface area (Å²) in [5.74, 6) is 0.222. The zero-order valence-corrected chi connectivity index (χ0v) is 13.8. The van der Waals surface area contributed by atoms with Gasteiger partial charge in [-0.05, 0) is 20.0 Å². The van der Waals surface area contributed by atoms with Gasteiger partial charge >= 0.3 is 0 Å². The second kappa shape index (κ2) is 6.68. The van der Waals surface area contributed by atoms with Crippen LogP contribution in [0.1, 0.15) is 24.9 Å². The summed E-state index contributed by atoms with van der Waals surface area (Å²) in [7, 11) is 2.10. The maximum Gasteiger partial charge on any atom is 0.257 e. The van der Waals surface area contributed by atoms with Gasteiger partial charge in [0, 0.05) is 43.9 Å². The highest BCUT2D eigenvalue weighted by Gasteiger charge is 2.33. The van der Waals surface area contributed by atoms with Crippen LogP contribution in [-0.4, -0.2) is 71.3 Å². The van der Waals surface area contributed by atoms with E-state index in [-0.39, 0.29) is 17.7 Å². The van der Waals surface area contributed by atoms with E-state index in [4.69, 9.17) is 0 Å². The number of carbonyl (C=O) groups is 1. The molecule has 2 aliphatic rings. The lowest BCUT2D eigenvalue weighted by atomic mass is 10.0. The first-order valence-electron chi connectivity index (χ1n) is 8.09. The minimum Gasteiger partial charge on any atom is -0.508 e. The van der Waals surface area contributed by atoms with Crippen LogP contribution in [-0.2, 0) is 4.79 Å². The lowest BCUT2D eigenvalue weighted by Gasteiger charge is -2.33. The molecular formula is C17H24N4O2. The molecule has 2 heterocycles. The molecule has 0 bridgehead atoms. The Balaban J connectivity index is 1.71. The number of carbonyl (C=O) groups excluding carboxylic acids is 1. The van der Waals surface area contributed by atoms with Crippen molar-refractivity contribution in [3.63, 3.8) is 0 Å². The third kappa shape index (κ3) is 3.54. The number of rotatable bonds is 3. The number of phenols is 1. The van der Waals surface area contributed by atoms with Crippen LogP contribution in [0, 0.1) is 0 Å². The molecule has 1 N–H and O–H groups in total. The number of benzene rings is 1. The van der Waals surface area contributed by atoms with E-state index in [1.54, 1.807) is 17.1 Å². The Hall–Kier alpha value is -1.92. The van der Waals surface area contributed by atoms with Crippen molar-refractivity contribution in [1.82, 2.24) is 14.8 Å². The van der Waals surface area contributed by atoms with Crippen molar-refractivity contribution in [2.75, 3.05) is 39.8 Å². The second-order valence-corrected chi connectivity index (χ2v) is 6.43. The van der Waals surface area contributed by atoms with Gasteiger partial charge in [-0.2, -0.15) is 5.10 Å². The number of piperazine rings is 1. The molecule has 1 atom stereocenters. The fraction of sp³-hybridized carbons (Fsp3) is 0.529. The van der Waals surface area contributed by atoms with Crippen molar-refractivity contribution in [3.05, 3.63) is 29.8 Å². The summed E-state index contributed by atoms with van der Waals surface area (Å²) >= 11 is 0. The Kier molecular flexibility index (Phi) is 4.63. The predicted molar refractivity (Wildman–Crippen MR) is 89.4 cm³/mol. The van der Waals surface area contributed by atoms with Crippen LogP contribution < -0.4 is 0 Å². The molecule has 1 aromatic rings. The molecule has 0 spiro atoms. The van der Waals surface area contributed by atoms with Crippen molar-refractivity contribution in [2.45, 2.75) is 19.4 Å². The molecule has 23 heavy (non-hydrogen) atoms. The van der Waals surface area contributed by atoms with Gasteiger partial charge in [0.05, 0.1) is 12.6 Å². The van der Waals surface area contributed by atoms with Gasteiger partial charge in [-0.15, -0.1) is 0 Å². The van der Waals surface area contributed by atoms with Gasteiger partial charge in [0.2, 0.25) is 0 Å². The third-order valence-corrected chi connectivity index (χ3v) is 4.57. The zero-order valence-electron chi connectivity index (χ0n) is 13.8. The molecule has 1 saturated heterocycles. The largest absolute Gasteiger partial charge is 0.508 e. The number of likely N-dealkylation sites (N-methyl/N-ethyl adjacent to an activating group) is 1. The summed E-state index contributed by atoms with van der Waals surface area (Å²) in [5.41, 5.74) is 1.69. The summed E-state index contributed by atoms with van der Waals surface area (Å²) in [6, 6.07) is 7.00. The van der Waals surface area contributed by atoms with Crippen molar-refractivity contribution >= 4 is 11.6 Å². The van der Waals surface area contributed by atoms with E-state index < -0.39 is 0 Å². The highest BCUT2D eigenvalue weighted by Crippen LogP contribution is 2.35. The normalized spacial score (nSPS) is 23.1. The van der Waals surface area contributed by atoms with Crippen LogP contribution in [0.15, 0.2) is 29.4 Å². The molecular weight excluding hydrogens is 292 g/mol. The van der Waals surface area contributed by atoms with Gasteiger partial charge in [0.25, 0.3) is 5.91 Å². The molecule has 0 saturated carbocycles. The number of amides is 1. The maximum absolute atomic E-state index is 12.7. The Morgan fingerprint density at radius 3 is 2.65 bits per heavy atom. The second-order valence-electron chi connectivity index (χ2n) is 6.43. The van der Waals surface area contributed by atoms with Crippen molar-refractivity contribution in [1.29, 1.82) is 0 Å². The van der Waals surface area contributed by atoms with Gasteiger partial charge < -0.3 is 10.0 Å². The predicted octanol–water partition coefficient (Wildman–Crippen LogP) is 1.29.